The molecule has 3 heterocycles. The molecule has 0 saturated heterocycles. The van der Waals surface area contributed by atoms with E-state index < -0.39 is 0 Å². The van der Waals surface area contributed by atoms with Crippen molar-refractivity contribution in [3.8, 4) is 22.1 Å². The Kier molecular flexibility index (Phi) is 5.30. The van der Waals surface area contributed by atoms with Gasteiger partial charge >= 0.3 is 0 Å². The highest BCUT2D eigenvalue weighted by Gasteiger charge is 2.37. The monoisotopic (exact) mass is 447 g/mol. The molecule has 1 amide bonds. The molecule has 0 bridgehead atoms. The molecule has 2 aromatic heterocycles. The van der Waals surface area contributed by atoms with Gasteiger partial charge in [-0.15, -0.1) is 21.5 Å². The van der Waals surface area contributed by atoms with Crippen LogP contribution in [0.4, 0.5) is 4.39 Å². The molecule has 1 aliphatic heterocycles. The number of hydrogen-bond acceptors (Lipinski definition) is 5. The topological polar surface area (TPSA) is 63.9 Å². The number of amides is 1. The Morgan fingerprint density at radius 3 is 2.53 bits per heavy atom. The van der Waals surface area contributed by atoms with Gasteiger partial charge in [0.15, 0.2) is 11.6 Å². The number of carbonyl (C=O) groups excluding carboxylic acids is 1. The van der Waals surface area contributed by atoms with Gasteiger partial charge < -0.3 is 9.47 Å². The van der Waals surface area contributed by atoms with Crippen molar-refractivity contribution in [1.82, 2.24) is 24.6 Å². The minimum absolute atomic E-state index is 0.125. The quantitative estimate of drug-likeness (QED) is 0.439. The maximum absolute atomic E-state index is 13.3. The lowest BCUT2D eigenvalue weighted by molar-refractivity contribution is 0.0547. The molecule has 0 N–H and O–H groups in total. The van der Waals surface area contributed by atoms with Crippen molar-refractivity contribution in [1.29, 1.82) is 0 Å². The van der Waals surface area contributed by atoms with E-state index in [1.165, 1.54) is 24.3 Å². The lowest BCUT2D eigenvalue weighted by Gasteiger charge is -2.38. The van der Waals surface area contributed by atoms with Crippen LogP contribution in [-0.4, -0.2) is 37.1 Å². The van der Waals surface area contributed by atoms with Crippen molar-refractivity contribution in [2.75, 3.05) is 6.54 Å². The standard InChI is InChI=1S/C24H22FN5OS/c1-15(2)20-22-28-27-21(19-14-32-23(26-19)16-6-4-3-5-7-16)30(22)13-12-29(20)24(31)17-8-10-18(25)11-9-17/h3-11,14-15,20H,12-13H2,1-2H3. The van der Waals surface area contributed by atoms with Crippen molar-refractivity contribution < 1.29 is 9.18 Å². The smallest absolute Gasteiger partial charge is 0.254 e. The Bertz CT molecular complexity index is 1250. The summed E-state index contributed by atoms with van der Waals surface area (Å²) in [7, 11) is 0. The van der Waals surface area contributed by atoms with Crippen molar-refractivity contribution in [2.24, 2.45) is 5.92 Å². The minimum atomic E-state index is -0.358. The minimum Gasteiger partial charge on any atom is -0.326 e. The summed E-state index contributed by atoms with van der Waals surface area (Å²) in [4.78, 5) is 19.8. The lowest BCUT2D eigenvalue weighted by Crippen LogP contribution is -2.44. The number of nitrogens with zero attached hydrogens (tertiary/aromatic N) is 5. The van der Waals surface area contributed by atoms with Gasteiger partial charge in [0.25, 0.3) is 5.91 Å². The fourth-order valence-corrected chi connectivity index (χ4v) is 4.97. The molecule has 1 aliphatic rings. The van der Waals surface area contributed by atoms with Gasteiger partial charge in [-0.05, 0) is 30.2 Å². The highest BCUT2D eigenvalue weighted by molar-refractivity contribution is 7.13. The van der Waals surface area contributed by atoms with Crippen LogP contribution in [-0.2, 0) is 6.54 Å². The summed E-state index contributed by atoms with van der Waals surface area (Å²) in [6, 6.07) is 15.5. The van der Waals surface area contributed by atoms with Crippen molar-refractivity contribution in [3.05, 3.63) is 77.2 Å². The van der Waals surface area contributed by atoms with Gasteiger partial charge in [0, 0.05) is 29.6 Å². The van der Waals surface area contributed by atoms with Gasteiger partial charge in [0.05, 0.1) is 6.04 Å². The van der Waals surface area contributed by atoms with Crippen LogP contribution in [0.15, 0.2) is 60.0 Å². The second kappa shape index (κ2) is 8.27. The molecule has 4 aromatic rings. The van der Waals surface area contributed by atoms with Crippen LogP contribution in [0.2, 0.25) is 0 Å². The summed E-state index contributed by atoms with van der Waals surface area (Å²) >= 11 is 1.58. The summed E-state index contributed by atoms with van der Waals surface area (Å²) in [5, 5.41) is 11.9. The first-order valence-electron chi connectivity index (χ1n) is 10.5. The number of carbonyl (C=O) groups is 1. The summed E-state index contributed by atoms with van der Waals surface area (Å²) in [6.07, 6.45) is 0. The second-order valence-electron chi connectivity index (χ2n) is 8.13. The van der Waals surface area contributed by atoms with Gasteiger partial charge in [-0.2, -0.15) is 0 Å². The predicted molar refractivity (Wildman–Crippen MR) is 122 cm³/mol. The highest BCUT2D eigenvalue weighted by atomic mass is 32.1. The summed E-state index contributed by atoms with van der Waals surface area (Å²) in [5.74, 6) is 1.12. The first kappa shape index (κ1) is 20.5. The maximum Gasteiger partial charge on any atom is 0.254 e. The van der Waals surface area contributed by atoms with Crippen LogP contribution in [0.25, 0.3) is 22.1 Å². The number of aromatic nitrogens is 4. The molecule has 0 spiro atoms. The summed E-state index contributed by atoms with van der Waals surface area (Å²) in [5.41, 5.74) is 2.32. The van der Waals surface area contributed by atoms with E-state index in [0.717, 1.165) is 27.9 Å². The van der Waals surface area contributed by atoms with Crippen molar-refractivity contribution >= 4 is 17.2 Å². The van der Waals surface area contributed by atoms with E-state index in [1.807, 2.05) is 40.6 Å². The SMILES string of the molecule is CC(C)C1c2nnc(-c3csc(-c4ccccc4)n3)n2CCN1C(=O)c1ccc(F)cc1. The van der Waals surface area contributed by atoms with Gasteiger partial charge in [0.2, 0.25) is 0 Å². The molecule has 5 rings (SSSR count). The van der Waals surface area contributed by atoms with Crippen LogP contribution in [0.5, 0.6) is 0 Å². The third kappa shape index (κ3) is 3.60. The Labute approximate surface area is 189 Å². The van der Waals surface area contributed by atoms with Crippen LogP contribution in [0.3, 0.4) is 0 Å². The first-order chi connectivity index (χ1) is 15.5. The van der Waals surface area contributed by atoms with Gasteiger partial charge in [-0.3, -0.25) is 4.79 Å². The fraction of sp³-hybridized carbons (Fsp3) is 0.250. The van der Waals surface area contributed by atoms with Gasteiger partial charge in [-0.1, -0.05) is 44.2 Å². The average molecular weight is 448 g/mol. The molecule has 1 atom stereocenters. The van der Waals surface area contributed by atoms with Crippen LogP contribution < -0.4 is 0 Å². The molecule has 32 heavy (non-hydrogen) atoms. The largest absolute Gasteiger partial charge is 0.326 e. The number of hydrogen-bond donors (Lipinski definition) is 0. The molecular weight excluding hydrogens is 425 g/mol. The summed E-state index contributed by atoms with van der Waals surface area (Å²) in [6.45, 7) is 5.23. The number of halogens is 1. The van der Waals surface area contributed by atoms with E-state index in [-0.39, 0.29) is 23.7 Å². The first-order valence-corrected chi connectivity index (χ1v) is 11.4. The Morgan fingerprint density at radius 1 is 1.06 bits per heavy atom. The lowest BCUT2D eigenvalue weighted by atomic mass is 9.98. The van der Waals surface area contributed by atoms with Crippen molar-refractivity contribution in [2.45, 2.75) is 26.4 Å². The number of thiazole rings is 1. The zero-order valence-electron chi connectivity index (χ0n) is 17.8. The molecule has 0 saturated carbocycles. The fourth-order valence-electron chi connectivity index (χ4n) is 4.16. The molecular formula is C24H22FN5OS. The average Bonchev–Trinajstić information content (AvgIpc) is 3.46. The maximum atomic E-state index is 13.3. The van der Waals surface area contributed by atoms with Crippen LogP contribution in [0.1, 0.15) is 36.1 Å². The van der Waals surface area contributed by atoms with E-state index in [9.17, 15) is 9.18 Å². The molecule has 0 radical (unpaired) electrons. The molecule has 0 fully saturated rings. The molecule has 8 heteroatoms. The molecule has 6 nitrogen and oxygen atoms in total. The third-order valence-corrected chi connectivity index (χ3v) is 6.57. The zero-order chi connectivity index (χ0) is 22.2. The summed E-state index contributed by atoms with van der Waals surface area (Å²) < 4.78 is 15.4. The normalized spacial score (nSPS) is 15.8. The van der Waals surface area contributed by atoms with E-state index in [2.05, 4.69) is 28.6 Å². The molecule has 0 aliphatic carbocycles. The highest BCUT2D eigenvalue weighted by Crippen LogP contribution is 2.35. The molecule has 1 unspecified atom stereocenters. The number of benzene rings is 2. The van der Waals surface area contributed by atoms with Gasteiger partial charge in [0.1, 0.15) is 16.5 Å². The number of rotatable bonds is 4. The van der Waals surface area contributed by atoms with Crippen molar-refractivity contribution in [3.63, 3.8) is 0 Å². The Hall–Kier alpha value is -3.39. The van der Waals surface area contributed by atoms with E-state index in [4.69, 9.17) is 4.98 Å². The van der Waals surface area contributed by atoms with Crippen LogP contribution >= 0.6 is 11.3 Å². The zero-order valence-corrected chi connectivity index (χ0v) is 18.6. The van der Waals surface area contributed by atoms with Gasteiger partial charge in [-0.25, -0.2) is 9.37 Å². The van der Waals surface area contributed by atoms with Crippen LogP contribution in [0, 0.1) is 11.7 Å². The Balaban J connectivity index is 1.48. The predicted octanol–water partition coefficient (Wildman–Crippen LogP) is 5.06. The molecule has 162 valence electrons. The Morgan fingerprint density at radius 2 is 1.81 bits per heavy atom. The third-order valence-electron chi connectivity index (χ3n) is 5.68. The van der Waals surface area contributed by atoms with E-state index in [0.29, 0.717) is 18.7 Å². The van der Waals surface area contributed by atoms with E-state index in [1.54, 1.807) is 11.3 Å². The molecule has 2 aromatic carbocycles. The number of fused-ring (bicyclic) bond motifs is 1. The van der Waals surface area contributed by atoms with E-state index >= 15 is 0 Å². The second-order valence-corrected chi connectivity index (χ2v) is 8.99.